The van der Waals surface area contributed by atoms with E-state index in [1.54, 1.807) is 11.0 Å². The summed E-state index contributed by atoms with van der Waals surface area (Å²) in [5, 5.41) is 3.36. The van der Waals surface area contributed by atoms with E-state index in [9.17, 15) is 9.59 Å². The first-order valence-electron chi connectivity index (χ1n) is 8.96. The van der Waals surface area contributed by atoms with Crippen LogP contribution in [0.5, 0.6) is 5.75 Å². The molecular weight excluding hydrogens is 364 g/mol. The maximum absolute atomic E-state index is 13.0. The zero-order valence-electron chi connectivity index (χ0n) is 15.7. The van der Waals surface area contributed by atoms with Gasteiger partial charge in [0, 0.05) is 19.0 Å². The second-order valence-corrected chi connectivity index (χ2v) is 7.12. The smallest absolute Gasteiger partial charge is 0.254 e. The first kappa shape index (κ1) is 19.2. The Morgan fingerprint density at radius 2 is 1.89 bits per heavy atom. The Balaban J connectivity index is 1.74. The molecule has 27 heavy (non-hydrogen) atoms. The van der Waals surface area contributed by atoms with Crippen LogP contribution in [0.1, 0.15) is 36.1 Å². The van der Waals surface area contributed by atoms with Crippen molar-refractivity contribution in [2.45, 2.75) is 33.2 Å². The predicted molar refractivity (Wildman–Crippen MR) is 106 cm³/mol. The van der Waals surface area contributed by atoms with Gasteiger partial charge in [-0.15, -0.1) is 0 Å². The van der Waals surface area contributed by atoms with E-state index < -0.39 is 6.04 Å². The number of hydrogen-bond donors (Lipinski definition) is 1. The zero-order chi connectivity index (χ0) is 19.6. The van der Waals surface area contributed by atoms with E-state index in [0.29, 0.717) is 30.3 Å². The van der Waals surface area contributed by atoms with Crippen molar-refractivity contribution in [1.29, 1.82) is 0 Å². The van der Waals surface area contributed by atoms with E-state index in [4.69, 9.17) is 16.3 Å². The van der Waals surface area contributed by atoms with Crippen LogP contribution in [0.15, 0.2) is 36.4 Å². The fourth-order valence-electron chi connectivity index (χ4n) is 3.46. The molecule has 1 aliphatic rings. The first-order chi connectivity index (χ1) is 12.9. The summed E-state index contributed by atoms with van der Waals surface area (Å²) >= 11 is 6.10. The molecule has 0 radical (unpaired) electrons. The van der Waals surface area contributed by atoms with Gasteiger partial charge in [-0.25, -0.2) is 0 Å². The van der Waals surface area contributed by atoms with Gasteiger partial charge in [-0.2, -0.15) is 0 Å². The fourth-order valence-corrected chi connectivity index (χ4v) is 3.65. The molecule has 0 saturated heterocycles. The molecule has 0 unspecified atom stereocenters. The number of nitrogens with one attached hydrogen (secondary N) is 1. The standard InChI is InChI=1S/C21H23ClN2O3/c1-13-9-10-14(2)20-18(13)19(23-15(3)25)21(26)24(20)11-6-12-27-17-8-5-4-7-16(17)22/h4-5,7-10,19H,6,11-12H2,1-3H3,(H,23,25)/t19-/m0/s1. The highest BCUT2D eigenvalue weighted by atomic mass is 35.5. The lowest BCUT2D eigenvalue weighted by atomic mass is 9.99. The number of halogens is 1. The number of hydrogen-bond acceptors (Lipinski definition) is 3. The molecule has 6 heteroatoms. The van der Waals surface area contributed by atoms with Crippen molar-refractivity contribution in [3.8, 4) is 5.75 Å². The van der Waals surface area contributed by atoms with Crippen LogP contribution >= 0.6 is 11.6 Å². The Morgan fingerprint density at radius 1 is 1.19 bits per heavy atom. The van der Waals surface area contributed by atoms with Gasteiger partial charge in [0.15, 0.2) is 0 Å². The van der Waals surface area contributed by atoms with Gasteiger partial charge in [0.1, 0.15) is 11.8 Å². The van der Waals surface area contributed by atoms with Crippen molar-refractivity contribution in [3.63, 3.8) is 0 Å². The highest BCUT2D eigenvalue weighted by molar-refractivity contribution is 6.32. The Hall–Kier alpha value is -2.53. The number of nitrogens with zero attached hydrogens (tertiary/aromatic N) is 1. The lowest BCUT2D eigenvalue weighted by Crippen LogP contribution is -2.37. The van der Waals surface area contributed by atoms with Crippen LogP contribution in [0.4, 0.5) is 5.69 Å². The summed E-state index contributed by atoms with van der Waals surface area (Å²) in [6.07, 6.45) is 0.649. The minimum atomic E-state index is -0.623. The minimum absolute atomic E-state index is 0.102. The molecule has 5 nitrogen and oxygen atoms in total. The molecular formula is C21H23ClN2O3. The number of para-hydroxylation sites is 1. The predicted octanol–water partition coefficient (Wildman–Crippen LogP) is 3.95. The number of ether oxygens (including phenoxy) is 1. The molecule has 142 valence electrons. The lowest BCUT2D eigenvalue weighted by Gasteiger charge is -2.20. The van der Waals surface area contributed by atoms with Crippen LogP contribution in [-0.2, 0) is 9.59 Å². The third kappa shape index (κ3) is 3.93. The summed E-state index contributed by atoms with van der Waals surface area (Å²) < 4.78 is 5.73. The average molecular weight is 387 g/mol. The molecule has 0 saturated carbocycles. The first-order valence-corrected chi connectivity index (χ1v) is 9.34. The van der Waals surface area contributed by atoms with Crippen molar-refractivity contribution >= 4 is 29.1 Å². The van der Waals surface area contributed by atoms with Crippen molar-refractivity contribution in [2.24, 2.45) is 0 Å². The number of benzene rings is 2. The number of anilines is 1. The summed E-state index contributed by atoms with van der Waals surface area (Å²) in [4.78, 5) is 26.3. The van der Waals surface area contributed by atoms with Gasteiger partial charge in [-0.3, -0.25) is 9.59 Å². The molecule has 0 bridgehead atoms. The summed E-state index contributed by atoms with van der Waals surface area (Å²) in [6.45, 7) is 6.33. The van der Waals surface area contributed by atoms with E-state index in [1.807, 2.05) is 44.2 Å². The molecule has 0 aliphatic carbocycles. The average Bonchev–Trinajstić information content (AvgIpc) is 2.90. The van der Waals surface area contributed by atoms with Crippen molar-refractivity contribution in [1.82, 2.24) is 5.32 Å². The van der Waals surface area contributed by atoms with E-state index in [1.165, 1.54) is 6.92 Å². The molecule has 0 fully saturated rings. The number of rotatable bonds is 6. The van der Waals surface area contributed by atoms with Gasteiger partial charge in [-0.1, -0.05) is 35.9 Å². The third-order valence-electron chi connectivity index (χ3n) is 4.68. The maximum atomic E-state index is 13.0. The largest absolute Gasteiger partial charge is 0.492 e. The number of amides is 2. The van der Waals surface area contributed by atoms with Crippen LogP contribution in [0.2, 0.25) is 5.02 Å². The van der Waals surface area contributed by atoms with Gasteiger partial charge in [0.2, 0.25) is 5.91 Å². The van der Waals surface area contributed by atoms with E-state index in [2.05, 4.69) is 5.32 Å². The topological polar surface area (TPSA) is 58.6 Å². The van der Waals surface area contributed by atoms with Crippen LogP contribution in [0.3, 0.4) is 0 Å². The number of aryl methyl sites for hydroxylation is 2. The molecule has 1 aliphatic heterocycles. The van der Waals surface area contributed by atoms with E-state index in [0.717, 1.165) is 22.4 Å². The molecule has 0 spiro atoms. The van der Waals surface area contributed by atoms with Gasteiger partial charge >= 0.3 is 0 Å². The Bertz CT molecular complexity index is 882. The van der Waals surface area contributed by atoms with Crippen molar-refractivity contribution in [2.75, 3.05) is 18.1 Å². The maximum Gasteiger partial charge on any atom is 0.254 e. The summed E-state index contributed by atoms with van der Waals surface area (Å²) in [5.74, 6) is 0.315. The SMILES string of the molecule is CC(=O)N[C@@H]1C(=O)N(CCCOc2ccccc2Cl)c2c(C)ccc(C)c21. The molecule has 3 rings (SSSR count). The van der Waals surface area contributed by atoms with Crippen LogP contribution in [0, 0.1) is 13.8 Å². The molecule has 1 N–H and O–H groups in total. The molecule has 1 heterocycles. The van der Waals surface area contributed by atoms with Crippen molar-refractivity contribution < 1.29 is 14.3 Å². The van der Waals surface area contributed by atoms with Gasteiger partial charge in [0.05, 0.1) is 17.3 Å². The van der Waals surface area contributed by atoms with E-state index in [-0.39, 0.29) is 11.8 Å². The summed E-state index contributed by atoms with van der Waals surface area (Å²) in [7, 11) is 0. The second-order valence-electron chi connectivity index (χ2n) is 6.72. The molecule has 2 amide bonds. The van der Waals surface area contributed by atoms with Gasteiger partial charge in [0.25, 0.3) is 5.91 Å². The molecule has 1 atom stereocenters. The quantitative estimate of drug-likeness (QED) is 0.765. The van der Waals surface area contributed by atoms with Gasteiger partial charge in [-0.05, 0) is 43.5 Å². The summed E-state index contributed by atoms with van der Waals surface area (Å²) in [5.41, 5.74) is 3.81. The van der Waals surface area contributed by atoms with Crippen LogP contribution in [0.25, 0.3) is 0 Å². The van der Waals surface area contributed by atoms with Gasteiger partial charge < -0.3 is 15.0 Å². The lowest BCUT2D eigenvalue weighted by molar-refractivity contribution is -0.126. The highest BCUT2D eigenvalue weighted by Gasteiger charge is 2.39. The molecule has 2 aromatic rings. The van der Waals surface area contributed by atoms with Crippen LogP contribution in [-0.4, -0.2) is 25.0 Å². The Kier molecular flexibility index (Phi) is 5.71. The number of carbonyl (C=O) groups excluding carboxylic acids is 2. The minimum Gasteiger partial charge on any atom is -0.492 e. The molecule has 2 aromatic carbocycles. The number of fused-ring (bicyclic) bond motifs is 1. The van der Waals surface area contributed by atoms with E-state index >= 15 is 0 Å². The van der Waals surface area contributed by atoms with Crippen molar-refractivity contribution in [3.05, 3.63) is 58.1 Å². The third-order valence-corrected chi connectivity index (χ3v) is 4.99. The zero-order valence-corrected chi connectivity index (χ0v) is 16.5. The molecule has 0 aromatic heterocycles. The number of carbonyl (C=O) groups is 2. The monoisotopic (exact) mass is 386 g/mol. The second kappa shape index (κ2) is 8.01. The fraction of sp³-hybridized carbons (Fsp3) is 0.333. The normalized spacial score (nSPS) is 15.6. The Morgan fingerprint density at radius 3 is 2.59 bits per heavy atom. The Labute approximate surface area is 164 Å². The summed E-state index contributed by atoms with van der Waals surface area (Å²) in [6, 6.07) is 10.7. The van der Waals surface area contributed by atoms with Crippen LogP contribution < -0.4 is 15.0 Å². The highest BCUT2D eigenvalue weighted by Crippen LogP contribution is 2.40.